The molecule has 6 aromatic carbocycles. The molecule has 0 aliphatic rings. The summed E-state index contributed by atoms with van der Waals surface area (Å²) < 4.78 is 2.04. The van der Waals surface area contributed by atoms with Crippen molar-refractivity contribution in [1.29, 1.82) is 0 Å². The van der Waals surface area contributed by atoms with E-state index in [2.05, 4.69) is 164 Å². The monoisotopic (exact) mass is 630 g/mol. The molecule has 0 aliphatic carbocycles. The number of hydrogen-bond acceptors (Lipinski definition) is 3. The van der Waals surface area contributed by atoms with Crippen molar-refractivity contribution in [3.63, 3.8) is 0 Å². The number of rotatable bonds is 8. The van der Waals surface area contributed by atoms with Gasteiger partial charge in [0.25, 0.3) is 0 Å². The Balaban J connectivity index is 1.13. The molecule has 2 aromatic heterocycles. The number of nitrogens with zero attached hydrogens (tertiary/aromatic N) is 4. The molecular formula is C45H34N4. The molecule has 4 nitrogen and oxygen atoms in total. The SMILES string of the molecule is CC(=Nc1ccccc1-c1cn2ccccc2n1)c1ccc(N(c2ccc(-c3ccccc3)cc2)c2ccc(-c3ccccc3)cc2)cc1. The number of pyridine rings is 1. The Morgan fingerprint density at radius 2 is 1.00 bits per heavy atom. The minimum Gasteiger partial charge on any atom is -0.311 e. The second kappa shape index (κ2) is 13.3. The Morgan fingerprint density at radius 3 is 1.57 bits per heavy atom. The Hall–Kier alpha value is -6.52. The lowest BCUT2D eigenvalue weighted by atomic mass is 10.0. The predicted molar refractivity (Wildman–Crippen MR) is 204 cm³/mol. The zero-order valence-electron chi connectivity index (χ0n) is 27.2. The summed E-state index contributed by atoms with van der Waals surface area (Å²) in [6.45, 7) is 2.07. The zero-order valence-corrected chi connectivity index (χ0v) is 27.2. The molecule has 0 saturated carbocycles. The van der Waals surface area contributed by atoms with Crippen LogP contribution in [0.5, 0.6) is 0 Å². The lowest BCUT2D eigenvalue weighted by Gasteiger charge is -2.26. The van der Waals surface area contributed by atoms with Gasteiger partial charge < -0.3 is 9.30 Å². The molecule has 0 radical (unpaired) electrons. The highest BCUT2D eigenvalue weighted by molar-refractivity contribution is 6.01. The number of fused-ring (bicyclic) bond motifs is 1. The van der Waals surface area contributed by atoms with Crippen molar-refractivity contribution < 1.29 is 0 Å². The number of para-hydroxylation sites is 1. The summed E-state index contributed by atoms with van der Waals surface area (Å²) in [5, 5.41) is 0. The summed E-state index contributed by atoms with van der Waals surface area (Å²) in [7, 11) is 0. The third-order valence-electron chi connectivity index (χ3n) is 8.84. The van der Waals surface area contributed by atoms with Gasteiger partial charge in [-0.25, -0.2) is 4.98 Å². The summed E-state index contributed by atoms with van der Waals surface area (Å²) in [4.78, 5) is 12.2. The van der Waals surface area contributed by atoms with Gasteiger partial charge in [-0.3, -0.25) is 4.99 Å². The lowest BCUT2D eigenvalue weighted by Crippen LogP contribution is -2.10. The molecule has 0 saturated heterocycles. The van der Waals surface area contributed by atoms with Gasteiger partial charge in [0.1, 0.15) is 5.65 Å². The van der Waals surface area contributed by atoms with Crippen molar-refractivity contribution in [1.82, 2.24) is 9.38 Å². The molecule has 0 bridgehead atoms. The molecule has 234 valence electrons. The van der Waals surface area contributed by atoms with Gasteiger partial charge in [0.15, 0.2) is 0 Å². The molecule has 8 rings (SSSR count). The average molecular weight is 631 g/mol. The van der Waals surface area contributed by atoms with Gasteiger partial charge in [0, 0.05) is 40.7 Å². The fraction of sp³-hybridized carbons (Fsp3) is 0.0222. The van der Waals surface area contributed by atoms with Crippen LogP contribution in [0.25, 0.3) is 39.2 Å². The maximum Gasteiger partial charge on any atom is 0.137 e. The molecule has 0 unspecified atom stereocenters. The van der Waals surface area contributed by atoms with E-state index >= 15 is 0 Å². The van der Waals surface area contributed by atoms with Crippen LogP contribution in [0.2, 0.25) is 0 Å². The van der Waals surface area contributed by atoms with Crippen molar-refractivity contribution >= 4 is 34.1 Å². The maximum atomic E-state index is 5.10. The summed E-state index contributed by atoms with van der Waals surface area (Å²) in [6.07, 6.45) is 4.07. The molecule has 8 aromatic rings. The molecule has 0 spiro atoms. The van der Waals surface area contributed by atoms with E-state index in [1.807, 2.05) is 40.9 Å². The van der Waals surface area contributed by atoms with Crippen LogP contribution in [0.1, 0.15) is 12.5 Å². The van der Waals surface area contributed by atoms with Gasteiger partial charge in [-0.1, -0.05) is 121 Å². The largest absolute Gasteiger partial charge is 0.311 e. The number of anilines is 3. The number of aromatic nitrogens is 2. The third kappa shape index (κ3) is 6.28. The molecule has 49 heavy (non-hydrogen) atoms. The zero-order chi connectivity index (χ0) is 33.0. The smallest absolute Gasteiger partial charge is 0.137 e. The third-order valence-corrected chi connectivity index (χ3v) is 8.84. The molecule has 0 atom stereocenters. The summed E-state index contributed by atoms with van der Waals surface area (Å²) in [5.74, 6) is 0. The van der Waals surface area contributed by atoms with E-state index in [4.69, 9.17) is 9.98 Å². The fourth-order valence-corrected chi connectivity index (χ4v) is 6.26. The van der Waals surface area contributed by atoms with Crippen LogP contribution in [0, 0.1) is 0 Å². The Labute approximate surface area is 286 Å². The summed E-state index contributed by atoms with van der Waals surface area (Å²) in [6, 6.07) is 61.5. The number of aliphatic imine (C=N–C) groups is 1. The van der Waals surface area contributed by atoms with Crippen LogP contribution in [-0.4, -0.2) is 15.1 Å². The van der Waals surface area contributed by atoms with E-state index in [0.29, 0.717) is 0 Å². The molecular weight excluding hydrogens is 597 g/mol. The standard InChI is InChI=1S/C45H34N4/c1-33(46-43-17-9-8-16-42(43)44-32-48-31-11-10-18-45(48)47-44)34-19-25-39(26-20-34)49(40-27-21-37(22-28-40)35-12-4-2-5-13-35)41-29-23-38(24-30-41)36-14-6-3-7-15-36/h2-32H,1H3. The number of hydrogen-bond donors (Lipinski definition) is 0. The van der Waals surface area contributed by atoms with E-state index in [9.17, 15) is 0 Å². The first-order valence-electron chi connectivity index (χ1n) is 16.5. The molecule has 2 heterocycles. The molecule has 0 fully saturated rings. The number of imidazole rings is 1. The Bertz CT molecular complexity index is 2240. The predicted octanol–water partition coefficient (Wildman–Crippen LogP) is 11.9. The maximum absolute atomic E-state index is 5.10. The first kappa shape index (κ1) is 29.9. The van der Waals surface area contributed by atoms with E-state index in [1.54, 1.807) is 0 Å². The average Bonchev–Trinajstić information content (AvgIpc) is 3.61. The topological polar surface area (TPSA) is 32.9 Å². The van der Waals surface area contributed by atoms with Crippen LogP contribution in [-0.2, 0) is 0 Å². The second-order valence-corrected chi connectivity index (χ2v) is 12.0. The normalized spacial score (nSPS) is 11.5. The van der Waals surface area contributed by atoms with Crippen molar-refractivity contribution in [3.05, 3.63) is 194 Å². The van der Waals surface area contributed by atoms with Crippen molar-refractivity contribution in [2.24, 2.45) is 4.99 Å². The van der Waals surface area contributed by atoms with Crippen LogP contribution in [0.3, 0.4) is 0 Å². The first-order valence-corrected chi connectivity index (χ1v) is 16.5. The second-order valence-electron chi connectivity index (χ2n) is 12.0. The van der Waals surface area contributed by atoms with E-state index in [0.717, 1.165) is 50.9 Å². The highest BCUT2D eigenvalue weighted by Gasteiger charge is 2.15. The fourth-order valence-electron chi connectivity index (χ4n) is 6.26. The first-order chi connectivity index (χ1) is 24.2. The van der Waals surface area contributed by atoms with Crippen LogP contribution >= 0.6 is 0 Å². The van der Waals surface area contributed by atoms with E-state index in [1.165, 1.54) is 22.3 Å². The van der Waals surface area contributed by atoms with E-state index < -0.39 is 0 Å². The number of benzene rings is 6. The van der Waals surface area contributed by atoms with Crippen LogP contribution < -0.4 is 4.90 Å². The minimum absolute atomic E-state index is 0.895. The van der Waals surface area contributed by atoms with Gasteiger partial charge in [-0.2, -0.15) is 0 Å². The molecule has 0 amide bonds. The van der Waals surface area contributed by atoms with Gasteiger partial charge in [0.05, 0.1) is 11.4 Å². The lowest BCUT2D eigenvalue weighted by molar-refractivity contribution is 1.19. The van der Waals surface area contributed by atoms with Gasteiger partial charge >= 0.3 is 0 Å². The Morgan fingerprint density at radius 1 is 0.510 bits per heavy atom. The van der Waals surface area contributed by atoms with Gasteiger partial charge in [-0.05, 0) is 89.3 Å². The van der Waals surface area contributed by atoms with Crippen molar-refractivity contribution in [2.45, 2.75) is 6.92 Å². The molecule has 0 aliphatic heterocycles. The summed E-state index contributed by atoms with van der Waals surface area (Å²) in [5.41, 5.74) is 13.8. The van der Waals surface area contributed by atoms with Crippen molar-refractivity contribution in [3.8, 4) is 33.5 Å². The van der Waals surface area contributed by atoms with Crippen molar-refractivity contribution in [2.75, 3.05) is 4.90 Å². The van der Waals surface area contributed by atoms with Gasteiger partial charge in [0.2, 0.25) is 0 Å². The van der Waals surface area contributed by atoms with Crippen LogP contribution in [0.15, 0.2) is 193 Å². The van der Waals surface area contributed by atoms with Gasteiger partial charge in [-0.15, -0.1) is 0 Å². The quantitative estimate of drug-likeness (QED) is 0.157. The summed E-state index contributed by atoms with van der Waals surface area (Å²) >= 11 is 0. The minimum atomic E-state index is 0.895. The highest BCUT2D eigenvalue weighted by atomic mass is 15.1. The molecule has 4 heteroatoms. The van der Waals surface area contributed by atoms with E-state index in [-0.39, 0.29) is 0 Å². The highest BCUT2D eigenvalue weighted by Crippen LogP contribution is 2.37. The Kier molecular flexibility index (Phi) is 8.11. The van der Waals surface area contributed by atoms with Crippen LogP contribution in [0.4, 0.5) is 22.7 Å². The molecule has 0 N–H and O–H groups in total.